The lowest BCUT2D eigenvalue weighted by molar-refractivity contribution is 0.248. The fourth-order valence-corrected chi connectivity index (χ4v) is 2.93. The molecule has 3 heterocycles. The van der Waals surface area contributed by atoms with Crippen LogP contribution in [0.1, 0.15) is 12.2 Å². The number of hydrogen-bond donors (Lipinski definition) is 2. The molecular weight excluding hydrogens is 260 g/mol. The third-order valence-electron chi connectivity index (χ3n) is 3.38. The first-order valence-electron chi connectivity index (χ1n) is 6.38. The van der Waals surface area contributed by atoms with Crippen LogP contribution in [0.25, 0.3) is 0 Å². The third-order valence-corrected chi connectivity index (χ3v) is 4.06. The zero-order chi connectivity index (χ0) is 13.1. The number of nitrogens with zero attached hydrogens (tertiary/aromatic N) is 2. The minimum Gasteiger partial charge on any atom is -0.338 e. The van der Waals surface area contributed by atoms with E-state index in [1.807, 2.05) is 29.2 Å². The third kappa shape index (κ3) is 2.96. The van der Waals surface area contributed by atoms with E-state index in [2.05, 4.69) is 20.2 Å². The molecule has 6 heteroatoms. The van der Waals surface area contributed by atoms with Crippen LogP contribution in [-0.4, -0.2) is 22.1 Å². The molecule has 1 aliphatic heterocycles. The van der Waals surface area contributed by atoms with Gasteiger partial charge in [-0.2, -0.15) is 11.3 Å². The molecule has 0 fully saturated rings. The van der Waals surface area contributed by atoms with Gasteiger partial charge in [0.2, 0.25) is 0 Å². The van der Waals surface area contributed by atoms with Gasteiger partial charge < -0.3 is 15.2 Å². The lowest BCUT2D eigenvalue weighted by atomic mass is 9.98. The van der Waals surface area contributed by atoms with Gasteiger partial charge in [-0.3, -0.25) is 0 Å². The Bertz CT molecular complexity index is 549. The lowest BCUT2D eigenvalue weighted by Crippen LogP contribution is -2.35. The van der Waals surface area contributed by atoms with Gasteiger partial charge in [0.15, 0.2) is 0 Å². The van der Waals surface area contributed by atoms with Gasteiger partial charge in [0.25, 0.3) is 0 Å². The van der Waals surface area contributed by atoms with Crippen LogP contribution in [0, 0.1) is 5.92 Å². The number of urea groups is 1. The molecular formula is C13H16N4OS. The van der Waals surface area contributed by atoms with Crippen molar-refractivity contribution in [3.8, 4) is 0 Å². The smallest absolute Gasteiger partial charge is 0.319 e. The van der Waals surface area contributed by atoms with Crippen molar-refractivity contribution in [2.24, 2.45) is 5.92 Å². The number of amides is 2. The minimum atomic E-state index is -0.132. The Labute approximate surface area is 115 Å². The molecule has 2 amide bonds. The van der Waals surface area contributed by atoms with E-state index >= 15 is 0 Å². The van der Waals surface area contributed by atoms with Gasteiger partial charge >= 0.3 is 6.03 Å². The topological polar surface area (TPSA) is 59.0 Å². The van der Waals surface area contributed by atoms with Crippen molar-refractivity contribution >= 4 is 23.1 Å². The summed E-state index contributed by atoms with van der Waals surface area (Å²) in [4.78, 5) is 16.0. The molecule has 2 aromatic heterocycles. The molecule has 0 unspecified atom stereocenters. The van der Waals surface area contributed by atoms with Crippen molar-refractivity contribution in [2.75, 3.05) is 11.9 Å². The summed E-state index contributed by atoms with van der Waals surface area (Å²) in [5.74, 6) is 1.60. The summed E-state index contributed by atoms with van der Waals surface area (Å²) in [5.41, 5.74) is 0.849. The van der Waals surface area contributed by atoms with E-state index in [1.54, 1.807) is 11.3 Å². The molecule has 1 aliphatic rings. The van der Waals surface area contributed by atoms with Crippen molar-refractivity contribution in [1.29, 1.82) is 0 Å². The largest absolute Gasteiger partial charge is 0.338 e. The van der Waals surface area contributed by atoms with Crippen LogP contribution in [0.3, 0.4) is 0 Å². The van der Waals surface area contributed by atoms with Gasteiger partial charge in [0, 0.05) is 37.3 Å². The summed E-state index contributed by atoms with van der Waals surface area (Å²) in [7, 11) is 0. The number of hydrogen-bond acceptors (Lipinski definition) is 3. The van der Waals surface area contributed by atoms with Crippen molar-refractivity contribution in [1.82, 2.24) is 14.9 Å². The van der Waals surface area contributed by atoms with E-state index < -0.39 is 0 Å². The molecule has 2 aromatic rings. The van der Waals surface area contributed by atoms with E-state index in [9.17, 15) is 4.79 Å². The number of imidazole rings is 1. The molecule has 19 heavy (non-hydrogen) atoms. The molecule has 100 valence electrons. The van der Waals surface area contributed by atoms with Gasteiger partial charge in [0.05, 0.1) is 5.69 Å². The fraction of sp³-hybridized carbons (Fsp3) is 0.385. The number of thiophene rings is 1. The minimum absolute atomic E-state index is 0.132. The molecule has 0 aliphatic carbocycles. The molecule has 3 rings (SSSR count). The van der Waals surface area contributed by atoms with Gasteiger partial charge in [-0.25, -0.2) is 9.78 Å². The van der Waals surface area contributed by atoms with Crippen molar-refractivity contribution in [3.63, 3.8) is 0 Å². The zero-order valence-electron chi connectivity index (χ0n) is 10.5. The maximum atomic E-state index is 11.7. The summed E-state index contributed by atoms with van der Waals surface area (Å²) in [6.07, 6.45) is 5.88. The number of nitrogens with one attached hydrogen (secondary N) is 2. The van der Waals surface area contributed by atoms with E-state index in [4.69, 9.17) is 0 Å². The van der Waals surface area contributed by atoms with Gasteiger partial charge in [-0.05, 0) is 23.8 Å². The summed E-state index contributed by atoms with van der Waals surface area (Å²) < 4.78 is 2.18. The molecule has 0 bridgehead atoms. The summed E-state index contributed by atoms with van der Waals surface area (Å²) >= 11 is 1.57. The molecule has 0 spiro atoms. The maximum Gasteiger partial charge on any atom is 0.319 e. The van der Waals surface area contributed by atoms with Gasteiger partial charge in [-0.1, -0.05) is 0 Å². The highest BCUT2D eigenvalue weighted by molar-refractivity contribution is 7.08. The average molecular weight is 276 g/mol. The highest BCUT2D eigenvalue weighted by atomic mass is 32.1. The molecule has 2 N–H and O–H groups in total. The van der Waals surface area contributed by atoms with Crippen LogP contribution >= 0.6 is 11.3 Å². The normalized spacial score (nSPS) is 17.8. The number of anilines is 1. The van der Waals surface area contributed by atoms with Crippen molar-refractivity contribution in [3.05, 3.63) is 35.0 Å². The van der Waals surface area contributed by atoms with E-state index in [0.29, 0.717) is 12.5 Å². The Morgan fingerprint density at radius 2 is 2.53 bits per heavy atom. The second kappa shape index (κ2) is 5.44. The van der Waals surface area contributed by atoms with Gasteiger partial charge in [-0.15, -0.1) is 0 Å². The standard InChI is InChI=1S/C13H16N4OS/c18-13(16-11-2-6-19-9-11)15-8-10-1-4-17-5-3-14-12(17)7-10/h2-3,5-6,9-10H,1,4,7-8H2,(H2,15,16,18)/t10-/m0/s1. The van der Waals surface area contributed by atoms with Crippen LogP contribution in [0.4, 0.5) is 10.5 Å². The van der Waals surface area contributed by atoms with Crippen molar-refractivity contribution < 1.29 is 4.79 Å². The van der Waals surface area contributed by atoms with Crippen molar-refractivity contribution in [2.45, 2.75) is 19.4 Å². The first-order chi connectivity index (χ1) is 9.31. The number of carbonyl (C=O) groups excluding carboxylic acids is 1. The first kappa shape index (κ1) is 12.2. The Hall–Kier alpha value is -1.82. The Morgan fingerprint density at radius 3 is 3.37 bits per heavy atom. The quantitative estimate of drug-likeness (QED) is 0.904. The Balaban J connectivity index is 1.47. The fourth-order valence-electron chi connectivity index (χ4n) is 2.34. The van der Waals surface area contributed by atoms with Crippen LogP contribution < -0.4 is 10.6 Å². The molecule has 0 radical (unpaired) electrons. The summed E-state index contributed by atoms with van der Waals surface area (Å²) in [6, 6.07) is 1.76. The number of aromatic nitrogens is 2. The average Bonchev–Trinajstić information content (AvgIpc) is 3.06. The van der Waals surface area contributed by atoms with E-state index in [-0.39, 0.29) is 6.03 Å². The number of fused-ring (bicyclic) bond motifs is 1. The van der Waals surface area contributed by atoms with Crippen LogP contribution in [0.2, 0.25) is 0 Å². The first-order valence-corrected chi connectivity index (χ1v) is 7.32. The van der Waals surface area contributed by atoms with Gasteiger partial charge in [0.1, 0.15) is 5.82 Å². The second-order valence-electron chi connectivity index (χ2n) is 4.74. The highest BCUT2D eigenvalue weighted by Gasteiger charge is 2.19. The SMILES string of the molecule is O=C(NC[C@H]1CCn2ccnc2C1)Nc1ccsc1. The summed E-state index contributed by atoms with van der Waals surface area (Å²) in [5, 5.41) is 9.60. The lowest BCUT2D eigenvalue weighted by Gasteiger charge is -2.23. The monoisotopic (exact) mass is 276 g/mol. The molecule has 0 saturated heterocycles. The number of rotatable bonds is 3. The Morgan fingerprint density at radius 1 is 1.58 bits per heavy atom. The molecule has 5 nitrogen and oxygen atoms in total. The molecule has 0 saturated carbocycles. The maximum absolute atomic E-state index is 11.7. The van der Waals surface area contributed by atoms with Crippen LogP contribution in [-0.2, 0) is 13.0 Å². The predicted octanol–water partition coefficient (Wildman–Crippen LogP) is 2.33. The predicted molar refractivity (Wildman–Crippen MR) is 75.4 cm³/mol. The van der Waals surface area contributed by atoms with Crippen LogP contribution in [0.15, 0.2) is 29.2 Å². The Kier molecular flexibility index (Phi) is 3.50. The second-order valence-corrected chi connectivity index (χ2v) is 5.52. The van der Waals surface area contributed by atoms with E-state index in [0.717, 1.165) is 30.9 Å². The molecule has 0 aromatic carbocycles. The number of carbonyl (C=O) groups is 1. The highest BCUT2D eigenvalue weighted by Crippen LogP contribution is 2.18. The zero-order valence-corrected chi connectivity index (χ0v) is 11.3. The van der Waals surface area contributed by atoms with Crippen LogP contribution in [0.5, 0.6) is 0 Å². The van der Waals surface area contributed by atoms with E-state index in [1.165, 1.54) is 0 Å². The molecule has 1 atom stereocenters. The number of aryl methyl sites for hydroxylation is 1. The summed E-state index contributed by atoms with van der Waals surface area (Å²) in [6.45, 7) is 1.69.